The first kappa shape index (κ1) is 41.5. The molecule has 4 atom stereocenters. The second-order valence-corrected chi connectivity index (χ2v) is 15.1. The molecule has 55 heavy (non-hydrogen) atoms. The first-order chi connectivity index (χ1) is 26.4. The van der Waals surface area contributed by atoms with Gasteiger partial charge in [0.25, 0.3) is 5.91 Å². The highest BCUT2D eigenvalue weighted by molar-refractivity contribution is 6.32. The normalized spacial score (nSPS) is 21.5. The van der Waals surface area contributed by atoms with Gasteiger partial charge < -0.3 is 20.8 Å². The van der Waals surface area contributed by atoms with E-state index in [0.717, 1.165) is 36.8 Å². The molecule has 1 heterocycles. The quantitative estimate of drug-likeness (QED) is 0.0853. The van der Waals surface area contributed by atoms with Gasteiger partial charge in [0.1, 0.15) is 16.4 Å². The summed E-state index contributed by atoms with van der Waals surface area (Å²) in [4.78, 5) is 40.7. The Bertz CT molecular complexity index is 2110. The fourth-order valence-electron chi connectivity index (χ4n) is 6.60. The molecule has 4 aromatic rings. The minimum atomic E-state index is -1.14. The van der Waals surface area contributed by atoms with Crippen molar-refractivity contribution in [1.29, 1.82) is 0 Å². The van der Waals surface area contributed by atoms with Crippen molar-refractivity contribution in [1.82, 2.24) is 15.6 Å². The molecule has 2 saturated carbocycles. The van der Waals surface area contributed by atoms with Crippen LogP contribution in [0.4, 0.5) is 0 Å². The third-order valence-electron chi connectivity index (χ3n) is 9.36. The second-order valence-electron chi connectivity index (χ2n) is 13.8. The van der Waals surface area contributed by atoms with Crippen molar-refractivity contribution in [2.75, 3.05) is 0 Å². The summed E-state index contributed by atoms with van der Waals surface area (Å²) in [6.07, 6.45) is 6.83. The van der Waals surface area contributed by atoms with E-state index in [-0.39, 0.29) is 47.7 Å². The Kier molecular flexibility index (Phi) is 14.9. The lowest BCUT2D eigenvalue weighted by Gasteiger charge is -2.33. The van der Waals surface area contributed by atoms with Crippen LogP contribution in [0.25, 0.3) is 0 Å². The van der Waals surface area contributed by atoms with E-state index in [1.54, 1.807) is 60.7 Å². The number of ketones is 1. The highest BCUT2D eigenvalue weighted by Crippen LogP contribution is 2.30. The number of nitrogens with zero attached hydrogens (tertiary/aromatic N) is 1. The third kappa shape index (κ3) is 13.2. The predicted molar refractivity (Wildman–Crippen MR) is 216 cm³/mol. The van der Waals surface area contributed by atoms with E-state index in [1.165, 1.54) is 6.20 Å². The van der Waals surface area contributed by atoms with Crippen LogP contribution in [0, 0.1) is 23.7 Å². The number of rotatable bonds is 7. The topological polar surface area (TPSA) is 129 Å². The molecule has 0 bridgehead atoms. The summed E-state index contributed by atoms with van der Waals surface area (Å²) in [5.74, 6) is 11.4. The van der Waals surface area contributed by atoms with E-state index in [0.29, 0.717) is 46.9 Å². The van der Waals surface area contributed by atoms with Crippen LogP contribution in [0.2, 0.25) is 15.2 Å². The van der Waals surface area contributed by atoms with Gasteiger partial charge in [0, 0.05) is 70.7 Å². The van der Waals surface area contributed by atoms with Gasteiger partial charge in [0.15, 0.2) is 5.78 Å². The van der Waals surface area contributed by atoms with Crippen LogP contribution in [-0.4, -0.2) is 56.1 Å². The van der Waals surface area contributed by atoms with Gasteiger partial charge in [-0.05, 0) is 87.1 Å². The number of aromatic nitrogens is 1. The third-order valence-corrected chi connectivity index (χ3v) is 10.1. The zero-order valence-corrected chi connectivity index (χ0v) is 32.4. The average molecular weight is 799 g/mol. The van der Waals surface area contributed by atoms with Crippen molar-refractivity contribution in [3.05, 3.63) is 135 Å². The predicted octanol–water partition coefficient (Wildman–Crippen LogP) is 7.99. The van der Waals surface area contributed by atoms with Crippen molar-refractivity contribution in [3.8, 4) is 23.7 Å². The van der Waals surface area contributed by atoms with Gasteiger partial charge in [-0.25, -0.2) is 4.98 Å². The zero-order valence-electron chi connectivity index (χ0n) is 30.2. The maximum atomic E-state index is 12.4. The number of halogens is 3. The largest absolute Gasteiger partial charge is 0.378 e. The number of amides is 2. The molecule has 2 aliphatic rings. The molecule has 0 spiro atoms. The molecule has 2 aliphatic carbocycles. The molecular weight excluding hydrogens is 757 g/mol. The first-order valence-corrected chi connectivity index (χ1v) is 19.3. The van der Waals surface area contributed by atoms with Crippen LogP contribution in [-0.2, 0) is 4.79 Å². The smallest absolute Gasteiger partial charge is 0.254 e. The van der Waals surface area contributed by atoms with Crippen molar-refractivity contribution < 1.29 is 24.6 Å². The molecular formula is C44H42Cl3N3O5. The number of pyridine rings is 1. The zero-order chi connectivity index (χ0) is 39.3. The highest BCUT2D eigenvalue weighted by Gasteiger charge is 2.35. The molecule has 2 fully saturated rings. The number of Topliss-reactive ketones (excluding diaryl/α,β-unsaturated/α-hetero) is 1. The molecule has 0 unspecified atom stereocenters. The minimum absolute atomic E-state index is 0.0479. The fourth-order valence-corrected chi connectivity index (χ4v) is 7.19. The van der Waals surface area contributed by atoms with Gasteiger partial charge >= 0.3 is 0 Å². The molecule has 11 heteroatoms. The Morgan fingerprint density at radius 2 is 1.27 bits per heavy atom. The van der Waals surface area contributed by atoms with E-state index in [1.807, 2.05) is 30.3 Å². The van der Waals surface area contributed by atoms with Gasteiger partial charge in [0.05, 0.1) is 5.56 Å². The number of benzene rings is 3. The summed E-state index contributed by atoms with van der Waals surface area (Å²) < 4.78 is 0. The van der Waals surface area contributed by atoms with Gasteiger partial charge in [0.2, 0.25) is 5.91 Å². The molecule has 0 radical (unpaired) electrons. The van der Waals surface area contributed by atoms with E-state index < -0.39 is 11.2 Å². The van der Waals surface area contributed by atoms with Gasteiger partial charge in [-0.1, -0.05) is 101 Å². The first-order valence-electron chi connectivity index (χ1n) is 18.2. The van der Waals surface area contributed by atoms with Crippen molar-refractivity contribution in [2.24, 2.45) is 0 Å². The highest BCUT2D eigenvalue weighted by atomic mass is 35.5. The number of nitrogens with one attached hydrogen (secondary N) is 2. The summed E-state index contributed by atoms with van der Waals surface area (Å²) in [5, 5.41) is 28.9. The average Bonchev–Trinajstić information content (AvgIpc) is 3.16. The van der Waals surface area contributed by atoms with Gasteiger partial charge in [-0.3, -0.25) is 14.4 Å². The molecule has 0 aliphatic heterocycles. The molecule has 8 nitrogen and oxygen atoms in total. The lowest BCUT2D eigenvalue weighted by molar-refractivity contribution is -0.122. The Morgan fingerprint density at radius 3 is 1.82 bits per heavy atom. The van der Waals surface area contributed by atoms with Crippen LogP contribution in [0.5, 0.6) is 0 Å². The van der Waals surface area contributed by atoms with Crippen LogP contribution >= 0.6 is 34.8 Å². The molecule has 2 amide bonds. The Labute approximate surface area is 337 Å². The molecule has 1 aromatic heterocycles. The van der Waals surface area contributed by atoms with Crippen LogP contribution in [0.3, 0.4) is 0 Å². The summed E-state index contributed by atoms with van der Waals surface area (Å²) in [6, 6.07) is 26.3. The van der Waals surface area contributed by atoms with E-state index in [9.17, 15) is 24.6 Å². The molecule has 4 N–H and O–H groups in total. The Balaban J connectivity index is 0.000000212. The van der Waals surface area contributed by atoms with E-state index in [2.05, 4.69) is 39.3 Å². The molecule has 3 aromatic carbocycles. The SMILES string of the molecule is O=C(CCC(=O)c1ccccc1)N[C@H]1CCC[C@@](O)(C#Cc2cccc(Cl)c2)C1.O=C(N[C@H]1CCC[C@@](O)(C#Cc2cccc(Cl)c2)C1)c1cccnc1Cl. The van der Waals surface area contributed by atoms with Gasteiger partial charge in [-0.2, -0.15) is 0 Å². The number of hydrogen-bond donors (Lipinski definition) is 4. The fraction of sp³-hybridized carbons (Fsp3) is 0.318. The van der Waals surface area contributed by atoms with Crippen LogP contribution in [0.15, 0.2) is 97.2 Å². The van der Waals surface area contributed by atoms with Crippen molar-refractivity contribution in [2.45, 2.75) is 87.5 Å². The minimum Gasteiger partial charge on any atom is -0.378 e. The van der Waals surface area contributed by atoms with Gasteiger partial charge in [-0.15, -0.1) is 0 Å². The number of carbonyl (C=O) groups excluding carboxylic acids is 3. The monoisotopic (exact) mass is 797 g/mol. The molecule has 0 saturated heterocycles. The summed E-state index contributed by atoms with van der Waals surface area (Å²) >= 11 is 17.9. The van der Waals surface area contributed by atoms with Crippen molar-refractivity contribution >= 4 is 52.4 Å². The number of carbonyl (C=O) groups is 3. The summed E-state index contributed by atoms with van der Waals surface area (Å²) in [7, 11) is 0. The Hall–Kier alpha value is -4.67. The Morgan fingerprint density at radius 1 is 0.709 bits per heavy atom. The van der Waals surface area contributed by atoms with Crippen LogP contribution < -0.4 is 10.6 Å². The lowest BCUT2D eigenvalue weighted by Crippen LogP contribution is -2.45. The van der Waals surface area contributed by atoms with Crippen LogP contribution in [0.1, 0.15) is 96.1 Å². The van der Waals surface area contributed by atoms with E-state index >= 15 is 0 Å². The maximum Gasteiger partial charge on any atom is 0.254 e. The molecule has 284 valence electrons. The standard InChI is InChI=1S/C24H24ClNO3.C20H18Cl2N2O2/c25-20-9-4-6-18(16-20)13-15-24(29)14-5-10-21(17-24)26-23(28)12-11-22(27)19-7-2-1-3-8-19;21-15-5-1-4-14(12-15)8-10-20(26)9-2-6-16(13-20)24-19(25)17-7-3-11-23-18(17)22/h1-4,6-9,16,21,29H,5,10-12,14,17H2,(H,26,28);1,3-5,7,11-12,16,26H,2,6,9,13H2,(H,24,25)/t21-,24+;16-,20+/m00/s1. The number of hydrogen-bond acceptors (Lipinski definition) is 6. The number of aliphatic hydroxyl groups is 2. The van der Waals surface area contributed by atoms with E-state index in [4.69, 9.17) is 34.8 Å². The lowest BCUT2D eigenvalue weighted by atomic mass is 9.82. The molecule has 6 rings (SSSR count). The summed E-state index contributed by atoms with van der Waals surface area (Å²) in [6.45, 7) is 0. The maximum absolute atomic E-state index is 12.4. The second kappa shape index (κ2) is 19.8. The van der Waals surface area contributed by atoms with Crippen molar-refractivity contribution in [3.63, 3.8) is 0 Å². The summed E-state index contributed by atoms with van der Waals surface area (Å²) in [5.41, 5.74) is 0.156.